The fourth-order valence-electron chi connectivity index (χ4n) is 4.90. The molecule has 3 atom stereocenters. The highest BCUT2D eigenvalue weighted by molar-refractivity contribution is 7.13. The Balaban J connectivity index is 1.52. The van der Waals surface area contributed by atoms with Crippen LogP contribution in [0, 0.1) is 12.3 Å². The Hall–Kier alpha value is -2.90. The number of β-amino-alcohol motifs (C(OH)–C–C–N with tert-alkyl or cyclic N) is 1. The van der Waals surface area contributed by atoms with Crippen LogP contribution >= 0.6 is 11.3 Å². The van der Waals surface area contributed by atoms with Crippen LogP contribution in [0.15, 0.2) is 29.8 Å². The van der Waals surface area contributed by atoms with Crippen LogP contribution in [0.25, 0.3) is 10.4 Å². The van der Waals surface area contributed by atoms with Gasteiger partial charge in [-0.05, 0) is 42.7 Å². The number of aryl methyl sites for hydroxylation is 1. The fraction of sp³-hybridized carbons (Fsp3) is 0.613. The number of amides is 3. The summed E-state index contributed by atoms with van der Waals surface area (Å²) in [5.41, 5.74) is 4.11. The Morgan fingerprint density at radius 2 is 1.79 bits per heavy atom. The van der Waals surface area contributed by atoms with Crippen LogP contribution in [0.1, 0.15) is 57.7 Å². The molecule has 0 aliphatic carbocycles. The van der Waals surface area contributed by atoms with Crippen molar-refractivity contribution in [3.05, 3.63) is 41.0 Å². The smallest absolute Gasteiger partial charge is 0.246 e. The molecule has 3 unspecified atom stereocenters. The SMILES string of the molecule is Cc1ncsc1-c1ccc(CNC(=O)C2CC(O)CN2C(=O)C(NC(=O)COCCCCCOCCO)C(C)(C)C)cc1. The molecule has 0 spiro atoms. The molecule has 1 aliphatic heterocycles. The lowest BCUT2D eigenvalue weighted by Crippen LogP contribution is -2.58. The van der Waals surface area contributed by atoms with Crippen molar-refractivity contribution in [1.29, 1.82) is 0 Å². The minimum Gasteiger partial charge on any atom is -0.394 e. The number of aliphatic hydroxyl groups is 2. The highest BCUT2D eigenvalue weighted by Gasteiger charge is 2.44. The van der Waals surface area contributed by atoms with Crippen LogP contribution in [-0.2, 0) is 30.4 Å². The zero-order valence-electron chi connectivity index (χ0n) is 25.6. The average Bonchev–Trinajstić information content (AvgIpc) is 3.58. The second-order valence-electron chi connectivity index (χ2n) is 11.9. The second kappa shape index (κ2) is 16.8. The van der Waals surface area contributed by atoms with E-state index in [2.05, 4.69) is 15.6 Å². The normalized spacial score (nSPS) is 17.6. The zero-order valence-corrected chi connectivity index (χ0v) is 26.5. The van der Waals surface area contributed by atoms with Crippen LogP contribution in [0.3, 0.4) is 0 Å². The van der Waals surface area contributed by atoms with E-state index in [1.165, 1.54) is 4.90 Å². The lowest BCUT2D eigenvalue weighted by Gasteiger charge is -2.35. The third kappa shape index (κ3) is 10.6. The largest absolute Gasteiger partial charge is 0.394 e. The van der Waals surface area contributed by atoms with Gasteiger partial charge in [0.2, 0.25) is 17.7 Å². The van der Waals surface area contributed by atoms with Gasteiger partial charge in [0.1, 0.15) is 18.7 Å². The van der Waals surface area contributed by atoms with E-state index in [-0.39, 0.29) is 38.6 Å². The van der Waals surface area contributed by atoms with E-state index in [0.29, 0.717) is 19.8 Å². The van der Waals surface area contributed by atoms with Crippen molar-refractivity contribution in [2.75, 3.05) is 39.6 Å². The number of hydrogen-bond donors (Lipinski definition) is 4. The quantitative estimate of drug-likeness (QED) is 0.210. The molecular formula is C31H46N4O7S. The van der Waals surface area contributed by atoms with Crippen LogP contribution < -0.4 is 10.6 Å². The molecule has 43 heavy (non-hydrogen) atoms. The molecule has 0 radical (unpaired) electrons. The van der Waals surface area contributed by atoms with Gasteiger partial charge < -0.3 is 35.2 Å². The van der Waals surface area contributed by atoms with Gasteiger partial charge in [-0.2, -0.15) is 0 Å². The number of carbonyl (C=O) groups is 3. The third-order valence-electron chi connectivity index (χ3n) is 7.26. The number of nitrogens with one attached hydrogen (secondary N) is 2. The van der Waals surface area contributed by atoms with E-state index in [4.69, 9.17) is 14.6 Å². The number of unbranched alkanes of at least 4 members (excludes halogenated alkanes) is 2. The number of likely N-dealkylation sites (tertiary alicyclic amines) is 1. The molecule has 4 N–H and O–H groups in total. The number of aliphatic hydroxyl groups excluding tert-OH is 2. The molecular weight excluding hydrogens is 572 g/mol. The molecule has 0 bridgehead atoms. The van der Waals surface area contributed by atoms with Crippen molar-refractivity contribution < 1.29 is 34.1 Å². The van der Waals surface area contributed by atoms with Crippen molar-refractivity contribution in [3.8, 4) is 10.4 Å². The summed E-state index contributed by atoms with van der Waals surface area (Å²) < 4.78 is 10.7. The summed E-state index contributed by atoms with van der Waals surface area (Å²) in [6.07, 6.45) is 1.76. The van der Waals surface area contributed by atoms with Gasteiger partial charge in [0, 0.05) is 32.7 Å². The van der Waals surface area contributed by atoms with Crippen molar-refractivity contribution in [2.24, 2.45) is 5.41 Å². The van der Waals surface area contributed by atoms with Gasteiger partial charge in [-0.3, -0.25) is 14.4 Å². The van der Waals surface area contributed by atoms with Gasteiger partial charge in [0.05, 0.1) is 35.4 Å². The molecule has 2 heterocycles. The number of hydrogen-bond acceptors (Lipinski definition) is 9. The molecule has 1 fully saturated rings. The van der Waals surface area contributed by atoms with E-state index in [0.717, 1.165) is 41.0 Å². The number of ether oxygens (including phenoxy) is 2. The molecule has 1 saturated heterocycles. The van der Waals surface area contributed by atoms with E-state index >= 15 is 0 Å². The predicted molar refractivity (Wildman–Crippen MR) is 164 cm³/mol. The van der Waals surface area contributed by atoms with E-state index in [1.807, 2.05) is 57.5 Å². The van der Waals surface area contributed by atoms with Gasteiger partial charge >= 0.3 is 0 Å². The molecule has 2 aromatic rings. The molecule has 1 aliphatic rings. The first-order valence-electron chi connectivity index (χ1n) is 14.8. The van der Waals surface area contributed by atoms with Crippen molar-refractivity contribution in [2.45, 2.75) is 78.1 Å². The van der Waals surface area contributed by atoms with E-state index < -0.39 is 35.4 Å². The molecule has 0 saturated carbocycles. The van der Waals surface area contributed by atoms with Gasteiger partial charge in [0.25, 0.3) is 0 Å². The summed E-state index contributed by atoms with van der Waals surface area (Å²) in [6, 6.07) is 6.13. The van der Waals surface area contributed by atoms with Crippen molar-refractivity contribution in [1.82, 2.24) is 20.5 Å². The molecule has 3 rings (SSSR count). The van der Waals surface area contributed by atoms with E-state index in [1.54, 1.807) is 11.3 Å². The number of carbonyl (C=O) groups excluding carboxylic acids is 3. The summed E-state index contributed by atoms with van der Waals surface area (Å²) in [5.74, 6) is -1.18. The lowest BCUT2D eigenvalue weighted by atomic mass is 9.85. The fourth-order valence-corrected chi connectivity index (χ4v) is 5.71. The van der Waals surface area contributed by atoms with Crippen molar-refractivity contribution in [3.63, 3.8) is 0 Å². The van der Waals surface area contributed by atoms with Gasteiger partial charge in [0.15, 0.2) is 0 Å². The number of thiazole rings is 1. The number of aromatic nitrogens is 1. The van der Waals surface area contributed by atoms with Crippen molar-refractivity contribution >= 4 is 29.1 Å². The molecule has 1 aromatic heterocycles. The maximum atomic E-state index is 13.7. The Labute approximate surface area is 258 Å². The first-order chi connectivity index (χ1) is 20.5. The van der Waals surface area contributed by atoms with Gasteiger partial charge in [-0.25, -0.2) is 4.98 Å². The first-order valence-corrected chi connectivity index (χ1v) is 15.7. The standard InChI is InChI=1S/C31H46N4O7S/c1-21-27(43-20-33-21)23-10-8-22(9-11-23)17-32-29(39)25-16-24(37)18-35(25)30(40)28(31(2,3)4)34-26(38)19-42-14-7-5-6-13-41-15-12-36/h8-11,20,24-25,28,36-37H,5-7,12-19H2,1-4H3,(H,32,39)(H,34,38). The summed E-state index contributed by atoms with van der Waals surface area (Å²) >= 11 is 1.58. The lowest BCUT2D eigenvalue weighted by molar-refractivity contribution is -0.144. The van der Waals surface area contributed by atoms with E-state index in [9.17, 15) is 19.5 Å². The Bertz CT molecular complexity index is 1180. The van der Waals surface area contributed by atoms with Crippen LogP contribution in [0.5, 0.6) is 0 Å². The average molecular weight is 619 g/mol. The number of benzene rings is 1. The molecule has 11 nitrogen and oxygen atoms in total. The maximum Gasteiger partial charge on any atom is 0.246 e. The topological polar surface area (TPSA) is 150 Å². The zero-order chi connectivity index (χ0) is 31.4. The number of rotatable bonds is 16. The monoisotopic (exact) mass is 618 g/mol. The van der Waals surface area contributed by atoms with Crippen LogP contribution in [0.2, 0.25) is 0 Å². The van der Waals surface area contributed by atoms with Gasteiger partial charge in [-0.15, -0.1) is 11.3 Å². The molecule has 12 heteroatoms. The molecule has 1 aromatic carbocycles. The highest BCUT2D eigenvalue weighted by Crippen LogP contribution is 2.28. The summed E-state index contributed by atoms with van der Waals surface area (Å²) in [7, 11) is 0. The molecule has 238 valence electrons. The van der Waals surface area contributed by atoms with Crippen LogP contribution in [0.4, 0.5) is 0 Å². The summed E-state index contributed by atoms with van der Waals surface area (Å²) in [6.45, 7) is 8.91. The van der Waals surface area contributed by atoms with Crippen LogP contribution in [-0.4, -0.2) is 95.6 Å². The minimum atomic E-state index is -0.907. The number of nitrogens with zero attached hydrogens (tertiary/aromatic N) is 2. The Kier molecular flexibility index (Phi) is 13.5. The Morgan fingerprint density at radius 1 is 1.09 bits per heavy atom. The highest BCUT2D eigenvalue weighted by atomic mass is 32.1. The second-order valence-corrected chi connectivity index (χ2v) is 12.7. The predicted octanol–water partition coefficient (Wildman–Crippen LogP) is 2.42. The minimum absolute atomic E-state index is 0.00650. The molecule has 3 amide bonds. The Morgan fingerprint density at radius 3 is 2.42 bits per heavy atom. The third-order valence-corrected chi connectivity index (χ3v) is 8.24. The maximum absolute atomic E-state index is 13.7. The summed E-state index contributed by atoms with van der Waals surface area (Å²) in [5, 5.41) is 24.8. The first kappa shape index (κ1) is 34.6. The summed E-state index contributed by atoms with van der Waals surface area (Å²) in [4.78, 5) is 46.4. The van der Waals surface area contributed by atoms with Gasteiger partial charge in [-0.1, -0.05) is 45.0 Å².